The highest BCUT2D eigenvalue weighted by Crippen LogP contribution is 2.31. The Morgan fingerprint density at radius 3 is 0.565 bits per heavy atom. The molecule has 22 heteroatoms. The first-order valence-electron chi connectivity index (χ1n) is 16.9. The Morgan fingerprint density at radius 1 is 0.258 bits per heavy atom. The number of halogens is 20. The molecule has 0 aliphatic carbocycles. The second kappa shape index (κ2) is 17.2. The summed E-state index contributed by atoms with van der Waals surface area (Å²) in [6.07, 6.45) is -7.22. The Labute approximate surface area is 339 Å². The van der Waals surface area contributed by atoms with E-state index in [1.807, 2.05) is 0 Å². The summed E-state index contributed by atoms with van der Waals surface area (Å²) in [6.45, 7) is 8.79. The van der Waals surface area contributed by atoms with Gasteiger partial charge in [0.05, 0.1) is 0 Å². The molecule has 0 saturated carbocycles. The highest BCUT2D eigenvalue weighted by atomic mass is 32.2. The van der Waals surface area contributed by atoms with Crippen molar-refractivity contribution in [3.05, 3.63) is 175 Å². The van der Waals surface area contributed by atoms with Crippen molar-refractivity contribution in [2.45, 2.75) is 37.5 Å². The van der Waals surface area contributed by atoms with Crippen molar-refractivity contribution in [1.29, 1.82) is 0 Å². The minimum absolute atomic E-state index is 1.33. The summed E-state index contributed by atoms with van der Waals surface area (Å²) < 4.78 is 294. The molecule has 6 aromatic carbocycles. The van der Waals surface area contributed by atoms with Gasteiger partial charge >= 0.3 is 0 Å². The standard InChI is InChI=1S/C24BF20.C16H18S/c26-5-1(6(27)14(35)21(42)13(5)34)25(2-7(28)15(36)22(43)16(37)8(2)29,3-9(30)17(38)23(44)18(39)10(3)31)4-11(32)19(40)24(45)20(41)12(4)33;1-11-7-5-8-12(2)15(11)17-16-13(3)9-6-10-14(16)4/h;5-10H,1-4H3/q-1;/p+1. The van der Waals surface area contributed by atoms with Crippen molar-refractivity contribution in [3.63, 3.8) is 0 Å². The highest BCUT2D eigenvalue weighted by Gasteiger charge is 2.52. The first-order valence-corrected chi connectivity index (χ1v) is 17.8. The Balaban J connectivity index is 0.000000355. The van der Waals surface area contributed by atoms with E-state index in [0.717, 1.165) is 0 Å². The average Bonchev–Trinajstić information content (AvgIpc) is 3.23. The molecule has 0 fully saturated rings. The number of thiol groups is 1. The number of rotatable bonds is 6. The molecule has 0 bridgehead atoms. The lowest BCUT2D eigenvalue weighted by molar-refractivity contribution is 0.378. The number of hydrogen-bond acceptors (Lipinski definition) is 0. The monoisotopic (exact) mass is 922 g/mol. The normalized spacial score (nSPS) is 11.6. The molecular weight excluding hydrogens is 903 g/mol. The summed E-state index contributed by atoms with van der Waals surface area (Å²) in [5.41, 5.74) is -8.80. The van der Waals surface area contributed by atoms with Crippen LogP contribution in [-0.2, 0) is 11.8 Å². The van der Waals surface area contributed by atoms with Gasteiger partial charge in [-0.3, -0.25) is 0 Å². The van der Waals surface area contributed by atoms with Crippen molar-refractivity contribution >= 4 is 39.8 Å². The maximum absolute atomic E-state index is 15.4. The lowest BCUT2D eigenvalue weighted by Gasteiger charge is -2.44. The van der Waals surface area contributed by atoms with Gasteiger partial charge in [-0.2, -0.15) is 0 Å². The Hall–Kier alpha value is -5.67. The van der Waals surface area contributed by atoms with E-state index < -0.39 is 144 Å². The molecule has 0 heterocycles. The van der Waals surface area contributed by atoms with E-state index in [1.165, 1.54) is 43.8 Å². The molecule has 0 N–H and O–H groups in total. The van der Waals surface area contributed by atoms with Crippen LogP contribution < -0.4 is 21.9 Å². The summed E-state index contributed by atoms with van der Waals surface area (Å²) in [7, 11) is 0. The molecule has 0 radical (unpaired) electrons. The fourth-order valence-electron chi connectivity index (χ4n) is 6.95. The first kappa shape index (κ1) is 47.4. The van der Waals surface area contributed by atoms with Gasteiger partial charge in [-0.25, -0.2) is 87.8 Å². The van der Waals surface area contributed by atoms with Gasteiger partial charge in [0.1, 0.15) is 52.7 Å². The molecule has 0 unspecified atom stereocenters. The Bertz CT molecular complexity index is 2350. The van der Waals surface area contributed by atoms with E-state index in [2.05, 4.69) is 64.1 Å². The largest absolute Gasteiger partial charge is 0.207 e. The molecule has 0 amide bonds. The summed E-state index contributed by atoms with van der Waals surface area (Å²) in [5, 5.41) is 0. The molecule has 6 rings (SSSR count). The van der Waals surface area contributed by atoms with Gasteiger partial charge in [-0.05, 0) is 27.7 Å². The Kier molecular flexibility index (Phi) is 13.2. The highest BCUT2D eigenvalue weighted by molar-refractivity contribution is 7.78. The third-order valence-corrected chi connectivity index (χ3v) is 11.7. The predicted octanol–water partition coefficient (Wildman–Crippen LogP) is 10.00. The second-order valence-electron chi connectivity index (χ2n) is 13.4. The van der Waals surface area contributed by atoms with Gasteiger partial charge in [-0.15, -0.1) is 21.9 Å². The molecule has 0 atom stereocenters. The molecule has 0 aromatic heterocycles. The summed E-state index contributed by atoms with van der Waals surface area (Å²) in [5.74, 6) is -71.4. The zero-order chi connectivity index (χ0) is 46.8. The topological polar surface area (TPSA) is 0 Å². The summed E-state index contributed by atoms with van der Waals surface area (Å²) in [6, 6.07) is 13.1. The van der Waals surface area contributed by atoms with Crippen LogP contribution in [0.15, 0.2) is 46.2 Å². The van der Waals surface area contributed by atoms with Crippen molar-refractivity contribution < 1.29 is 87.8 Å². The Morgan fingerprint density at radius 2 is 0.403 bits per heavy atom. The van der Waals surface area contributed by atoms with Crippen LogP contribution in [0, 0.1) is 144 Å². The molecule has 0 aliphatic rings. The average molecular weight is 922 g/mol. The molecule has 0 nitrogen and oxygen atoms in total. The van der Waals surface area contributed by atoms with Crippen LogP contribution >= 0.6 is 0 Å². The zero-order valence-electron chi connectivity index (χ0n) is 31.0. The van der Waals surface area contributed by atoms with Crippen molar-refractivity contribution in [2.75, 3.05) is 0 Å². The van der Waals surface area contributed by atoms with Crippen LogP contribution in [0.25, 0.3) is 0 Å². The van der Waals surface area contributed by atoms with E-state index in [-0.39, 0.29) is 0 Å². The number of benzene rings is 6. The first-order chi connectivity index (χ1) is 28.8. The van der Waals surface area contributed by atoms with Crippen molar-refractivity contribution in [1.82, 2.24) is 0 Å². The lowest BCUT2D eigenvalue weighted by Crippen LogP contribution is -2.81. The lowest BCUT2D eigenvalue weighted by atomic mass is 9.12. The van der Waals surface area contributed by atoms with Gasteiger partial charge < -0.3 is 0 Å². The predicted molar refractivity (Wildman–Crippen MR) is 186 cm³/mol. The van der Waals surface area contributed by atoms with Gasteiger partial charge in [0.2, 0.25) is 0 Å². The van der Waals surface area contributed by atoms with Crippen molar-refractivity contribution in [2.24, 2.45) is 0 Å². The molecule has 0 saturated heterocycles. The fourth-order valence-corrected chi connectivity index (χ4v) is 8.18. The molecular formula is C40H19BF20S. The smallest absolute Gasteiger partial charge is 0.200 e. The molecule has 0 aliphatic heterocycles. The van der Waals surface area contributed by atoms with E-state index in [9.17, 15) is 52.7 Å². The van der Waals surface area contributed by atoms with E-state index >= 15 is 35.1 Å². The fraction of sp³-hybridized carbons (Fsp3) is 0.100. The van der Waals surface area contributed by atoms with Crippen LogP contribution in [0.4, 0.5) is 87.8 Å². The van der Waals surface area contributed by atoms with Gasteiger partial charge in [0, 0.05) is 34.0 Å². The quantitative estimate of drug-likeness (QED) is 0.0390. The van der Waals surface area contributed by atoms with Crippen LogP contribution in [0.3, 0.4) is 0 Å². The summed E-state index contributed by atoms with van der Waals surface area (Å²) in [4.78, 5) is 2.90. The SMILES string of the molecule is Cc1cccc(C)c1[SH+]c1c(C)cccc1C.Fc1c(F)c(F)c([B-](c2c(F)c(F)c(F)c(F)c2F)(c2c(F)c(F)c(F)c(F)c2F)c2c(F)c(F)c(F)c(F)c2F)c(F)c1F. The summed E-state index contributed by atoms with van der Waals surface area (Å²) >= 11 is 1.33. The van der Waals surface area contributed by atoms with Gasteiger partial charge in [0.15, 0.2) is 79.6 Å². The minimum atomic E-state index is -7.22. The molecule has 0 spiro atoms. The maximum atomic E-state index is 15.4. The minimum Gasteiger partial charge on any atom is -0.207 e. The number of aryl methyl sites for hydroxylation is 4. The molecule has 328 valence electrons. The maximum Gasteiger partial charge on any atom is 0.200 e. The van der Waals surface area contributed by atoms with Crippen LogP contribution in [0.2, 0.25) is 0 Å². The van der Waals surface area contributed by atoms with Gasteiger partial charge in [-0.1, -0.05) is 36.4 Å². The van der Waals surface area contributed by atoms with E-state index in [1.54, 1.807) is 0 Å². The van der Waals surface area contributed by atoms with E-state index in [0.29, 0.717) is 0 Å². The molecule has 62 heavy (non-hydrogen) atoms. The van der Waals surface area contributed by atoms with Crippen LogP contribution in [0.5, 0.6) is 0 Å². The van der Waals surface area contributed by atoms with Crippen molar-refractivity contribution in [3.8, 4) is 0 Å². The third-order valence-electron chi connectivity index (χ3n) is 9.81. The third kappa shape index (κ3) is 7.22. The number of hydrogen-bond donors (Lipinski definition) is 0. The molecule has 6 aromatic rings. The van der Waals surface area contributed by atoms with Crippen LogP contribution in [0.1, 0.15) is 22.3 Å². The zero-order valence-corrected chi connectivity index (χ0v) is 31.9. The van der Waals surface area contributed by atoms with Gasteiger partial charge in [0.25, 0.3) is 0 Å². The second-order valence-corrected chi connectivity index (χ2v) is 14.5. The van der Waals surface area contributed by atoms with E-state index in [4.69, 9.17) is 0 Å². The van der Waals surface area contributed by atoms with Crippen LogP contribution in [-0.4, -0.2) is 6.15 Å².